The van der Waals surface area contributed by atoms with E-state index in [0.29, 0.717) is 5.70 Å². The van der Waals surface area contributed by atoms with E-state index in [-0.39, 0.29) is 0 Å². The van der Waals surface area contributed by atoms with Gasteiger partial charge in [-0.25, -0.2) is 0 Å². The fourth-order valence-electron chi connectivity index (χ4n) is 1.38. The molecule has 0 aliphatic rings. The molecule has 0 aliphatic carbocycles. The molecule has 0 saturated carbocycles. The zero-order chi connectivity index (χ0) is 12.0. The summed E-state index contributed by atoms with van der Waals surface area (Å²) in [6.07, 6.45) is 3.71. The molecule has 0 aliphatic heterocycles. The Morgan fingerprint density at radius 1 is 1.27 bits per heavy atom. The lowest BCUT2D eigenvalue weighted by Crippen LogP contribution is -2.03. The van der Waals surface area contributed by atoms with Crippen molar-refractivity contribution in [2.45, 2.75) is 27.7 Å². The van der Waals surface area contributed by atoms with Gasteiger partial charge < -0.3 is 5.73 Å². The molecule has 0 heterocycles. The minimum Gasteiger partial charge on any atom is -0.399 e. The first-order chi connectivity index (χ1) is 6.93. The summed E-state index contributed by atoms with van der Waals surface area (Å²) < 4.78 is 0. The molecule has 0 atom stereocenters. The molecule has 0 saturated heterocycles. The zero-order valence-corrected chi connectivity index (χ0v) is 10.1. The number of hydrogen-bond donors (Lipinski definition) is 1. The molecule has 0 radical (unpaired) electrons. The summed E-state index contributed by atoms with van der Waals surface area (Å²) in [6.45, 7) is 15.3. The predicted molar refractivity (Wildman–Crippen MR) is 68.8 cm³/mol. The Bertz CT molecular complexity index is 351. The van der Waals surface area contributed by atoms with Crippen LogP contribution in [0.4, 0.5) is 0 Å². The van der Waals surface area contributed by atoms with Crippen molar-refractivity contribution in [3.8, 4) is 0 Å². The van der Waals surface area contributed by atoms with E-state index in [1.165, 1.54) is 0 Å². The first-order valence-electron chi connectivity index (χ1n) is 4.90. The molecular formula is C13H20N2. The Morgan fingerprint density at radius 2 is 1.80 bits per heavy atom. The van der Waals surface area contributed by atoms with E-state index < -0.39 is 0 Å². The van der Waals surface area contributed by atoms with E-state index in [1.807, 2.05) is 33.8 Å². The second-order valence-corrected chi connectivity index (χ2v) is 3.49. The third kappa shape index (κ3) is 3.98. The molecule has 0 spiro atoms. The summed E-state index contributed by atoms with van der Waals surface area (Å²) in [4.78, 5) is 4.38. The predicted octanol–water partition coefficient (Wildman–Crippen LogP) is 3.35. The van der Waals surface area contributed by atoms with Gasteiger partial charge >= 0.3 is 0 Å². The smallest absolute Gasteiger partial charge is 0.0470 e. The molecule has 0 amide bonds. The fraction of sp³-hybridized carbons (Fsp3) is 0.308. The quantitative estimate of drug-likeness (QED) is 0.553. The maximum Gasteiger partial charge on any atom is 0.0470 e. The summed E-state index contributed by atoms with van der Waals surface area (Å²) >= 11 is 0. The highest BCUT2D eigenvalue weighted by Crippen LogP contribution is 2.21. The lowest BCUT2D eigenvalue weighted by molar-refractivity contribution is 1.19. The Balaban J connectivity index is 5.59. The molecule has 0 bridgehead atoms. The molecule has 2 N–H and O–H groups in total. The van der Waals surface area contributed by atoms with Crippen LogP contribution in [0.5, 0.6) is 0 Å². The van der Waals surface area contributed by atoms with Gasteiger partial charge in [-0.05, 0) is 33.3 Å². The van der Waals surface area contributed by atoms with Gasteiger partial charge in [-0.2, -0.15) is 0 Å². The highest BCUT2D eigenvalue weighted by Gasteiger charge is 2.06. The number of rotatable bonds is 4. The van der Waals surface area contributed by atoms with E-state index >= 15 is 0 Å². The number of aliphatic imine (C=N–C) groups is 1. The topological polar surface area (TPSA) is 38.4 Å². The molecule has 0 aromatic carbocycles. The summed E-state index contributed by atoms with van der Waals surface area (Å²) in [6, 6.07) is 0. The van der Waals surface area contributed by atoms with Crippen LogP contribution in [-0.2, 0) is 0 Å². The molecule has 2 heteroatoms. The van der Waals surface area contributed by atoms with E-state index in [1.54, 1.807) is 6.08 Å². The lowest BCUT2D eigenvalue weighted by Gasteiger charge is -2.10. The van der Waals surface area contributed by atoms with Crippen molar-refractivity contribution < 1.29 is 0 Å². The van der Waals surface area contributed by atoms with Crippen LogP contribution in [0.15, 0.2) is 52.8 Å². The Hall–Kier alpha value is -1.57. The first-order valence-corrected chi connectivity index (χ1v) is 4.90. The van der Waals surface area contributed by atoms with Crippen LogP contribution in [-0.4, -0.2) is 5.71 Å². The summed E-state index contributed by atoms with van der Waals surface area (Å²) in [5.41, 5.74) is 9.97. The Morgan fingerprint density at radius 3 is 2.07 bits per heavy atom. The van der Waals surface area contributed by atoms with Crippen LogP contribution < -0.4 is 5.73 Å². The van der Waals surface area contributed by atoms with Crippen LogP contribution in [0.25, 0.3) is 0 Å². The first kappa shape index (κ1) is 13.4. The standard InChI is InChI=1S/C13H20N2/c1-7-12(8-2)13(10(5)14)11(6)15-9(3)4/h7-8H,1,5,14H2,2-4,6H3/b12-8-,13-11+. The van der Waals surface area contributed by atoms with Gasteiger partial charge in [0.15, 0.2) is 0 Å². The van der Waals surface area contributed by atoms with Gasteiger partial charge in [0.05, 0.1) is 0 Å². The Kier molecular flexibility index (Phi) is 5.39. The van der Waals surface area contributed by atoms with Gasteiger partial charge in [0, 0.05) is 22.7 Å². The van der Waals surface area contributed by atoms with Crippen molar-refractivity contribution in [3.05, 3.63) is 47.9 Å². The molecule has 2 nitrogen and oxygen atoms in total. The molecule has 0 aromatic heterocycles. The van der Waals surface area contributed by atoms with Crippen molar-refractivity contribution in [3.63, 3.8) is 0 Å². The van der Waals surface area contributed by atoms with Crippen LogP contribution in [0.1, 0.15) is 27.7 Å². The van der Waals surface area contributed by atoms with Gasteiger partial charge in [-0.15, -0.1) is 0 Å². The van der Waals surface area contributed by atoms with Gasteiger partial charge in [0.2, 0.25) is 0 Å². The molecule has 0 unspecified atom stereocenters. The second kappa shape index (κ2) is 6.02. The monoisotopic (exact) mass is 204 g/mol. The third-order valence-corrected chi connectivity index (χ3v) is 1.89. The van der Waals surface area contributed by atoms with Crippen molar-refractivity contribution in [1.82, 2.24) is 0 Å². The highest BCUT2D eigenvalue weighted by atomic mass is 14.8. The molecule has 0 fully saturated rings. The van der Waals surface area contributed by atoms with Crippen LogP contribution >= 0.6 is 0 Å². The molecule has 82 valence electrons. The SMILES string of the molecule is C=CC(=C/C)/C(C(=C)N)=C(\C)N=C(C)C. The number of hydrogen-bond acceptors (Lipinski definition) is 2. The average Bonchev–Trinajstić information content (AvgIpc) is 2.11. The minimum absolute atomic E-state index is 0.519. The zero-order valence-electron chi connectivity index (χ0n) is 10.1. The Labute approximate surface area is 92.6 Å². The summed E-state index contributed by atoms with van der Waals surface area (Å²) in [5.74, 6) is 0. The average molecular weight is 204 g/mol. The van der Waals surface area contributed by atoms with Crippen molar-refractivity contribution >= 4 is 5.71 Å². The largest absolute Gasteiger partial charge is 0.399 e. The third-order valence-electron chi connectivity index (χ3n) is 1.89. The minimum atomic E-state index is 0.519. The van der Waals surface area contributed by atoms with Crippen molar-refractivity contribution in [1.29, 1.82) is 0 Å². The molecule has 0 aromatic rings. The maximum absolute atomic E-state index is 5.76. The van der Waals surface area contributed by atoms with Crippen LogP contribution in [0.2, 0.25) is 0 Å². The van der Waals surface area contributed by atoms with E-state index in [4.69, 9.17) is 5.73 Å². The lowest BCUT2D eigenvalue weighted by atomic mass is 10.0. The van der Waals surface area contributed by atoms with Crippen LogP contribution in [0.3, 0.4) is 0 Å². The molecule has 0 rings (SSSR count). The normalized spacial score (nSPS) is 12.9. The molecule has 15 heavy (non-hydrogen) atoms. The second-order valence-electron chi connectivity index (χ2n) is 3.49. The van der Waals surface area contributed by atoms with Crippen molar-refractivity contribution in [2.24, 2.45) is 10.7 Å². The van der Waals surface area contributed by atoms with E-state index in [0.717, 1.165) is 22.6 Å². The molecular weight excluding hydrogens is 184 g/mol. The van der Waals surface area contributed by atoms with Gasteiger partial charge in [-0.1, -0.05) is 25.3 Å². The number of allylic oxidation sites excluding steroid dienone is 4. The van der Waals surface area contributed by atoms with Gasteiger partial charge in [-0.3, -0.25) is 4.99 Å². The van der Waals surface area contributed by atoms with Gasteiger partial charge in [0.25, 0.3) is 0 Å². The van der Waals surface area contributed by atoms with E-state index in [9.17, 15) is 0 Å². The van der Waals surface area contributed by atoms with Gasteiger partial charge in [0.1, 0.15) is 0 Å². The summed E-state index contributed by atoms with van der Waals surface area (Å²) in [7, 11) is 0. The fourth-order valence-corrected chi connectivity index (χ4v) is 1.38. The highest BCUT2D eigenvalue weighted by molar-refractivity contribution is 5.80. The maximum atomic E-state index is 5.76. The van der Waals surface area contributed by atoms with E-state index in [2.05, 4.69) is 18.2 Å². The van der Waals surface area contributed by atoms with Crippen molar-refractivity contribution in [2.75, 3.05) is 0 Å². The number of nitrogens with zero attached hydrogens (tertiary/aromatic N) is 1. The van der Waals surface area contributed by atoms with Crippen LogP contribution in [0, 0.1) is 0 Å². The summed E-state index contributed by atoms with van der Waals surface area (Å²) in [5, 5.41) is 0. The number of nitrogens with two attached hydrogens (primary N) is 1.